The van der Waals surface area contributed by atoms with Crippen LogP contribution in [-0.2, 0) is 10.0 Å². The Balaban J connectivity index is 1.91. The Kier molecular flexibility index (Phi) is 4.93. The fourth-order valence-electron chi connectivity index (χ4n) is 1.75. The highest BCUT2D eigenvalue weighted by Gasteiger charge is 2.15. The molecule has 6 heteroatoms. The molecule has 2 rings (SSSR count). The van der Waals surface area contributed by atoms with Gasteiger partial charge in [0.2, 0.25) is 10.0 Å². The predicted octanol–water partition coefficient (Wildman–Crippen LogP) is 2.46. The van der Waals surface area contributed by atoms with E-state index < -0.39 is 16.1 Å². The number of aryl methyl sites for hydroxylation is 1. The first-order chi connectivity index (χ1) is 9.49. The van der Waals surface area contributed by atoms with Crippen molar-refractivity contribution in [1.82, 2.24) is 4.72 Å². The Hall–Kier alpha value is -1.21. The van der Waals surface area contributed by atoms with Crippen molar-refractivity contribution >= 4 is 21.4 Å². The van der Waals surface area contributed by atoms with Crippen molar-refractivity contribution in [2.24, 2.45) is 0 Å². The third-order valence-electron chi connectivity index (χ3n) is 2.91. The molecule has 20 heavy (non-hydrogen) atoms. The van der Waals surface area contributed by atoms with E-state index >= 15 is 0 Å². The zero-order chi connectivity index (χ0) is 14.6. The van der Waals surface area contributed by atoms with Crippen LogP contribution in [0.4, 0.5) is 0 Å². The third-order valence-corrected chi connectivity index (χ3v) is 5.36. The highest BCUT2D eigenvalue weighted by molar-refractivity contribution is 7.89. The molecule has 0 radical (unpaired) electrons. The standard InChI is InChI=1S/C14H17NO3S2/c1-11-4-6-12(7-5-11)20(17,18)15-9-8-13(16)14-3-2-10-19-14/h2-7,10,13,15-16H,8-9H2,1H3. The molecule has 0 aliphatic rings. The van der Waals surface area contributed by atoms with Crippen molar-refractivity contribution < 1.29 is 13.5 Å². The summed E-state index contributed by atoms with van der Waals surface area (Å²) in [6, 6.07) is 10.4. The molecule has 2 N–H and O–H groups in total. The second-order valence-electron chi connectivity index (χ2n) is 4.53. The summed E-state index contributed by atoms with van der Waals surface area (Å²) in [6.45, 7) is 2.11. The number of sulfonamides is 1. The van der Waals surface area contributed by atoms with Crippen molar-refractivity contribution in [2.75, 3.05) is 6.54 Å². The maximum atomic E-state index is 12.0. The number of hydrogen-bond acceptors (Lipinski definition) is 4. The Morgan fingerprint density at radius 1 is 1.25 bits per heavy atom. The molecule has 1 aromatic heterocycles. The Labute approximate surface area is 123 Å². The molecule has 0 amide bonds. The van der Waals surface area contributed by atoms with Gasteiger partial charge in [0.05, 0.1) is 11.0 Å². The minimum absolute atomic E-state index is 0.204. The van der Waals surface area contributed by atoms with Crippen LogP contribution >= 0.6 is 11.3 Å². The summed E-state index contributed by atoms with van der Waals surface area (Å²) < 4.78 is 26.5. The van der Waals surface area contributed by atoms with E-state index in [1.807, 2.05) is 24.4 Å². The van der Waals surface area contributed by atoms with Gasteiger partial charge < -0.3 is 5.11 Å². The second-order valence-corrected chi connectivity index (χ2v) is 7.28. The van der Waals surface area contributed by atoms with Crippen molar-refractivity contribution in [1.29, 1.82) is 0 Å². The van der Waals surface area contributed by atoms with Gasteiger partial charge in [-0.05, 0) is 36.9 Å². The average Bonchev–Trinajstić information content (AvgIpc) is 2.93. The van der Waals surface area contributed by atoms with Gasteiger partial charge in [-0.25, -0.2) is 13.1 Å². The number of aliphatic hydroxyl groups is 1. The van der Waals surface area contributed by atoms with E-state index in [2.05, 4.69) is 4.72 Å². The van der Waals surface area contributed by atoms with E-state index in [9.17, 15) is 13.5 Å². The van der Waals surface area contributed by atoms with Crippen LogP contribution in [-0.4, -0.2) is 20.1 Å². The fraction of sp³-hybridized carbons (Fsp3) is 0.286. The molecule has 1 aromatic carbocycles. The number of aliphatic hydroxyl groups excluding tert-OH is 1. The topological polar surface area (TPSA) is 66.4 Å². The summed E-state index contributed by atoms with van der Waals surface area (Å²) in [6.07, 6.45) is -0.276. The zero-order valence-electron chi connectivity index (χ0n) is 11.1. The molecule has 1 unspecified atom stereocenters. The van der Waals surface area contributed by atoms with Crippen molar-refractivity contribution in [3.05, 3.63) is 52.2 Å². The monoisotopic (exact) mass is 311 g/mol. The first kappa shape index (κ1) is 15.2. The molecule has 0 bridgehead atoms. The largest absolute Gasteiger partial charge is 0.388 e. The van der Waals surface area contributed by atoms with Crippen LogP contribution in [0.15, 0.2) is 46.7 Å². The fourth-order valence-corrected chi connectivity index (χ4v) is 3.55. The average molecular weight is 311 g/mol. The van der Waals surface area contributed by atoms with Gasteiger partial charge in [-0.3, -0.25) is 0 Å². The highest BCUT2D eigenvalue weighted by Crippen LogP contribution is 2.21. The van der Waals surface area contributed by atoms with Gasteiger partial charge in [-0.15, -0.1) is 11.3 Å². The van der Waals surface area contributed by atoms with E-state index in [0.717, 1.165) is 10.4 Å². The zero-order valence-corrected chi connectivity index (χ0v) is 12.7. The van der Waals surface area contributed by atoms with Crippen molar-refractivity contribution in [2.45, 2.75) is 24.3 Å². The van der Waals surface area contributed by atoms with E-state index in [1.165, 1.54) is 11.3 Å². The van der Waals surface area contributed by atoms with Crippen molar-refractivity contribution in [3.8, 4) is 0 Å². The van der Waals surface area contributed by atoms with Crippen LogP contribution in [0, 0.1) is 6.92 Å². The lowest BCUT2D eigenvalue weighted by atomic mass is 10.2. The molecule has 1 heterocycles. The Morgan fingerprint density at radius 3 is 2.55 bits per heavy atom. The van der Waals surface area contributed by atoms with Gasteiger partial charge in [0.25, 0.3) is 0 Å². The molecule has 0 saturated heterocycles. The predicted molar refractivity (Wildman–Crippen MR) is 80.3 cm³/mol. The smallest absolute Gasteiger partial charge is 0.240 e. The van der Waals surface area contributed by atoms with Crippen LogP contribution < -0.4 is 4.72 Å². The van der Waals surface area contributed by atoms with Crippen LogP contribution in [0.5, 0.6) is 0 Å². The third kappa shape index (κ3) is 3.89. The van der Waals surface area contributed by atoms with Crippen molar-refractivity contribution in [3.63, 3.8) is 0 Å². The molecule has 4 nitrogen and oxygen atoms in total. The van der Waals surface area contributed by atoms with E-state index in [1.54, 1.807) is 24.3 Å². The maximum absolute atomic E-state index is 12.0. The van der Waals surface area contributed by atoms with E-state index in [0.29, 0.717) is 6.42 Å². The number of hydrogen-bond donors (Lipinski definition) is 2. The molecule has 2 aromatic rings. The molecule has 0 saturated carbocycles. The summed E-state index contributed by atoms with van der Waals surface area (Å²) in [5.74, 6) is 0. The Morgan fingerprint density at radius 2 is 1.95 bits per heavy atom. The number of thiophene rings is 1. The van der Waals surface area contributed by atoms with Gasteiger partial charge in [0, 0.05) is 11.4 Å². The molecule has 0 spiro atoms. The summed E-state index contributed by atoms with van der Waals surface area (Å²) in [4.78, 5) is 1.09. The molecule has 1 atom stereocenters. The molecule has 108 valence electrons. The van der Waals surface area contributed by atoms with Crippen LogP contribution in [0.25, 0.3) is 0 Å². The minimum Gasteiger partial charge on any atom is -0.388 e. The summed E-state index contributed by atoms with van der Waals surface area (Å²) >= 11 is 1.46. The first-order valence-corrected chi connectivity index (χ1v) is 8.63. The maximum Gasteiger partial charge on any atom is 0.240 e. The SMILES string of the molecule is Cc1ccc(S(=O)(=O)NCCC(O)c2cccs2)cc1. The normalized spacial score (nSPS) is 13.3. The lowest BCUT2D eigenvalue weighted by molar-refractivity contribution is 0.173. The Bertz CT molecular complexity index is 634. The lowest BCUT2D eigenvalue weighted by Gasteiger charge is -2.10. The number of nitrogens with one attached hydrogen (secondary N) is 1. The molecule has 0 aliphatic carbocycles. The van der Waals surface area contributed by atoms with Gasteiger partial charge in [0.15, 0.2) is 0 Å². The van der Waals surface area contributed by atoms with E-state index in [4.69, 9.17) is 0 Å². The van der Waals surface area contributed by atoms with Crippen LogP contribution in [0.3, 0.4) is 0 Å². The number of benzene rings is 1. The molecule has 0 fully saturated rings. The van der Waals surface area contributed by atoms with Crippen LogP contribution in [0.2, 0.25) is 0 Å². The molecule has 0 aliphatic heterocycles. The van der Waals surface area contributed by atoms with Gasteiger partial charge >= 0.3 is 0 Å². The first-order valence-electron chi connectivity index (χ1n) is 6.27. The molecular formula is C14H17NO3S2. The minimum atomic E-state index is -3.50. The van der Waals surface area contributed by atoms with Gasteiger partial charge in [0.1, 0.15) is 0 Å². The second kappa shape index (κ2) is 6.49. The summed E-state index contributed by atoms with van der Waals surface area (Å²) in [7, 11) is -3.50. The van der Waals surface area contributed by atoms with E-state index in [-0.39, 0.29) is 11.4 Å². The lowest BCUT2D eigenvalue weighted by Crippen LogP contribution is -2.25. The molecular weight excluding hydrogens is 294 g/mol. The number of rotatable bonds is 6. The van der Waals surface area contributed by atoms with Crippen LogP contribution in [0.1, 0.15) is 23.0 Å². The quantitative estimate of drug-likeness (QED) is 0.861. The highest BCUT2D eigenvalue weighted by atomic mass is 32.2. The summed E-state index contributed by atoms with van der Waals surface area (Å²) in [5.41, 5.74) is 1.01. The van der Waals surface area contributed by atoms with Gasteiger partial charge in [-0.1, -0.05) is 23.8 Å². The summed E-state index contributed by atoms with van der Waals surface area (Å²) in [5, 5.41) is 11.8. The van der Waals surface area contributed by atoms with Gasteiger partial charge in [-0.2, -0.15) is 0 Å².